The third-order valence-electron chi connectivity index (χ3n) is 3.45. The van der Waals surface area contributed by atoms with E-state index >= 15 is 0 Å². The molecule has 6 heteroatoms. The predicted molar refractivity (Wildman–Crippen MR) is 84.0 cm³/mol. The SMILES string of the molecule is N#Cc1ccccc1Nc1cc(C2CC2)nc(NCCO)n1. The Labute approximate surface area is 128 Å². The Bertz CT molecular complexity index is 706. The van der Waals surface area contributed by atoms with Crippen LogP contribution in [0.15, 0.2) is 30.3 Å². The fourth-order valence-electron chi connectivity index (χ4n) is 2.19. The minimum Gasteiger partial charge on any atom is -0.395 e. The van der Waals surface area contributed by atoms with Crippen LogP contribution in [-0.2, 0) is 0 Å². The molecule has 1 saturated carbocycles. The lowest BCUT2D eigenvalue weighted by molar-refractivity contribution is 0.311. The summed E-state index contributed by atoms with van der Waals surface area (Å²) in [6.07, 6.45) is 2.29. The van der Waals surface area contributed by atoms with Gasteiger partial charge in [-0.3, -0.25) is 0 Å². The van der Waals surface area contributed by atoms with E-state index in [1.807, 2.05) is 24.3 Å². The van der Waals surface area contributed by atoms with Gasteiger partial charge in [-0.1, -0.05) is 12.1 Å². The van der Waals surface area contributed by atoms with Crippen LogP contribution in [0, 0.1) is 11.3 Å². The molecule has 0 aliphatic heterocycles. The molecule has 1 aliphatic rings. The Kier molecular flexibility index (Phi) is 4.17. The summed E-state index contributed by atoms with van der Waals surface area (Å²) in [5.41, 5.74) is 2.28. The first-order valence-corrected chi connectivity index (χ1v) is 7.30. The molecule has 0 unspecified atom stereocenters. The predicted octanol–water partition coefficient (Wildman–Crippen LogP) is 2.37. The van der Waals surface area contributed by atoms with Crippen molar-refractivity contribution in [3.8, 4) is 6.07 Å². The van der Waals surface area contributed by atoms with E-state index in [9.17, 15) is 0 Å². The maximum Gasteiger partial charge on any atom is 0.224 e. The van der Waals surface area contributed by atoms with Crippen LogP contribution in [-0.4, -0.2) is 28.2 Å². The van der Waals surface area contributed by atoms with Crippen molar-refractivity contribution in [3.63, 3.8) is 0 Å². The van der Waals surface area contributed by atoms with Crippen molar-refractivity contribution in [2.75, 3.05) is 23.8 Å². The molecule has 1 aliphatic carbocycles. The average molecular weight is 295 g/mol. The van der Waals surface area contributed by atoms with E-state index in [1.54, 1.807) is 6.07 Å². The largest absolute Gasteiger partial charge is 0.395 e. The highest BCUT2D eigenvalue weighted by Gasteiger charge is 2.26. The standard InChI is InChI=1S/C16H17N5O/c17-10-12-3-1-2-4-13(12)19-15-9-14(11-5-6-11)20-16(21-15)18-7-8-22/h1-4,9,11,22H,5-8H2,(H2,18,19,20,21). The van der Waals surface area contributed by atoms with Gasteiger partial charge in [-0.2, -0.15) is 10.2 Å². The Morgan fingerprint density at radius 1 is 1.27 bits per heavy atom. The molecule has 0 saturated heterocycles. The fraction of sp³-hybridized carbons (Fsp3) is 0.312. The molecule has 3 N–H and O–H groups in total. The van der Waals surface area contributed by atoms with Crippen LogP contribution in [0.1, 0.15) is 30.0 Å². The zero-order chi connectivity index (χ0) is 15.4. The molecule has 0 amide bonds. The maximum absolute atomic E-state index is 9.16. The van der Waals surface area contributed by atoms with E-state index in [4.69, 9.17) is 10.4 Å². The molecular formula is C16H17N5O. The van der Waals surface area contributed by atoms with E-state index in [1.165, 1.54) is 0 Å². The van der Waals surface area contributed by atoms with Gasteiger partial charge in [-0.05, 0) is 25.0 Å². The number of nitriles is 1. The van der Waals surface area contributed by atoms with Gasteiger partial charge in [0, 0.05) is 18.5 Å². The Morgan fingerprint density at radius 2 is 2.09 bits per heavy atom. The molecule has 3 rings (SSSR count). The van der Waals surface area contributed by atoms with Crippen molar-refractivity contribution in [3.05, 3.63) is 41.6 Å². The van der Waals surface area contributed by atoms with E-state index in [0.717, 1.165) is 24.2 Å². The number of hydrogen-bond acceptors (Lipinski definition) is 6. The Hall–Kier alpha value is -2.65. The van der Waals surface area contributed by atoms with Crippen LogP contribution in [0.2, 0.25) is 0 Å². The number of aliphatic hydroxyl groups is 1. The normalized spacial score (nSPS) is 13.5. The average Bonchev–Trinajstić information content (AvgIpc) is 3.38. The number of aromatic nitrogens is 2. The second-order valence-electron chi connectivity index (χ2n) is 5.21. The third-order valence-corrected chi connectivity index (χ3v) is 3.45. The highest BCUT2D eigenvalue weighted by atomic mass is 16.3. The summed E-state index contributed by atoms with van der Waals surface area (Å²) in [5.74, 6) is 1.64. The number of para-hydroxylation sites is 1. The van der Waals surface area contributed by atoms with Crippen LogP contribution in [0.3, 0.4) is 0 Å². The molecule has 0 bridgehead atoms. The number of nitrogens with zero attached hydrogens (tertiary/aromatic N) is 3. The maximum atomic E-state index is 9.16. The molecule has 0 radical (unpaired) electrons. The second kappa shape index (κ2) is 6.41. The van der Waals surface area contributed by atoms with Gasteiger partial charge in [-0.25, -0.2) is 4.98 Å². The zero-order valence-electron chi connectivity index (χ0n) is 12.1. The summed E-state index contributed by atoms with van der Waals surface area (Å²) in [4.78, 5) is 8.88. The highest BCUT2D eigenvalue weighted by molar-refractivity contribution is 5.65. The number of hydrogen-bond donors (Lipinski definition) is 3. The van der Waals surface area contributed by atoms with Crippen molar-refractivity contribution in [1.82, 2.24) is 9.97 Å². The van der Waals surface area contributed by atoms with Gasteiger partial charge in [0.1, 0.15) is 11.9 Å². The van der Waals surface area contributed by atoms with Gasteiger partial charge in [0.15, 0.2) is 0 Å². The lowest BCUT2D eigenvalue weighted by atomic mass is 10.2. The lowest BCUT2D eigenvalue weighted by Crippen LogP contribution is -2.10. The van der Waals surface area contributed by atoms with E-state index < -0.39 is 0 Å². The number of anilines is 3. The molecule has 1 aromatic carbocycles. The fourth-order valence-corrected chi connectivity index (χ4v) is 2.19. The van der Waals surface area contributed by atoms with Crippen LogP contribution < -0.4 is 10.6 Å². The number of nitrogens with one attached hydrogen (secondary N) is 2. The van der Waals surface area contributed by atoms with Crippen molar-refractivity contribution >= 4 is 17.5 Å². The molecule has 1 fully saturated rings. The third kappa shape index (κ3) is 3.32. The molecule has 0 atom stereocenters. The van der Waals surface area contributed by atoms with Gasteiger partial charge in [-0.15, -0.1) is 0 Å². The molecule has 1 heterocycles. The topological polar surface area (TPSA) is 93.9 Å². The Balaban J connectivity index is 1.88. The number of aliphatic hydroxyl groups excluding tert-OH is 1. The van der Waals surface area contributed by atoms with Gasteiger partial charge in [0.25, 0.3) is 0 Å². The second-order valence-corrected chi connectivity index (χ2v) is 5.21. The van der Waals surface area contributed by atoms with E-state index in [-0.39, 0.29) is 6.61 Å². The van der Waals surface area contributed by atoms with Gasteiger partial charge < -0.3 is 15.7 Å². The van der Waals surface area contributed by atoms with Crippen LogP contribution in [0.4, 0.5) is 17.5 Å². The zero-order valence-corrected chi connectivity index (χ0v) is 12.1. The van der Waals surface area contributed by atoms with Crippen molar-refractivity contribution in [2.24, 2.45) is 0 Å². The van der Waals surface area contributed by atoms with Gasteiger partial charge in [0.05, 0.1) is 23.6 Å². The molecule has 6 nitrogen and oxygen atoms in total. The van der Waals surface area contributed by atoms with Crippen molar-refractivity contribution in [2.45, 2.75) is 18.8 Å². The van der Waals surface area contributed by atoms with Crippen LogP contribution in [0.25, 0.3) is 0 Å². The summed E-state index contributed by atoms with van der Waals surface area (Å²) in [6.45, 7) is 0.430. The molecule has 22 heavy (non-hydrogen) atoms. The first-order valence-electron chi connectivity index (χ1n) is 7.30. The van der Waals surface area contributed by atoms with Crippen LogP contribution in [0.5, 0.6) is 0 Å². The van der Waals surface area contributed by atoms with E-state index in [0.29, 0.717) is 29.8 Å². The smallest absolute Gasteiger partial charge is 0.224 e. The first kappa shape index (κ1) is 14.3. The summed E-state index contributed by atoms with van der Waals surface area (Å²) in [7, 11) is 0. The minimum atomic E-state index is 0.0248. The quantitative estimate of drug-likeness (QED) is 0.757. The molecule has 1 aromatic heterocycles. The van der Waals surface area contributed by atoms with Gasteiger partial charge >= 0.3 is 0 Å². The summed E-state index contributed by atoms with van der Waals surface area (Å²) in [6, 6.07) is 11.4. The first-order chi connectivity index (χ1) is 10.8. The van der Waals surface area contributed by atoms with Crippen molar-refractivity contribution in [1.29, 1.82) is 5.26 Å². The number of rotatable bonds is 6. The number of benzene rings is 1. The lowest BCUT2D eigenvalue weighted by Gasteiger charge is -2.11. The highest BCUT2D eigenvalue weighted by Crippen LogP contribution is 2.40. The summed E-state index contributed by atoms with van der Waals surface area (Å²) < 4.78 is 0. The monoisotopic (exact) mass is 295 g/mol. The molecular weight excluding hydrogens is 278 g/mol. The Morgan fingerprint density at radius 3 is 2.82 bits per heavy atom. The summed E-state index contributed by atoms with van der Waals surface area (Å²) in [5, 5.41) is 24.3. The molecule has 0 spiro atoms. The minimum absolute atomic E-state index is 0.0248. The molecule has 2 aromatic rings. The van der Waals surface area contributed by atoms with Crippen molar-refractivity contribution < 1.29 is 5.11 Å². The van der Waals surface area contributed by atoms with Gasteiger partial charge in [0.2, 0.25) is 5.95 Å². The molecule has 112 valence electrons. The van der Waals surface area contributed by atoms with E-state index in [2.05, 4.69) is 26.7 Å². The summed E-state index contributed by atoms with van der Waals surface area (Å²) >= 11 is 0. The van der Waals surface area contributed by atoms with Crippen LogP contribution >= 0.6 is 0 Å².